The summed E-state index contributed by atoms with van der Waals surface area (Å²) < 4.78 is 2.17. The zero-order valence-electron chi connectivity index (χ0n) is 8.64. The van der Waals surface area contributed by atoms with Gasteiger partial charge in [-0.15, -0.1) is 0 Å². The molecule has 0 aliphatic carbocycles. The standard InChI is InChI=1S/C13H12N2/c1-2-15-9-14-12-7-10-5-3-4-6-11(10)8-13(12)15/h3-9H,2H2,1H3. The summed E-state index contributed by atoms with van der Waals surface area (Å²) >= 11 is 0. The molecule has 1 aromatic heterocycles. The van der Waals surface area contributed by atoms with Crippen molar-refractivity contribution in [1.82, 2.24) is 9.55 Å². The van der Waals surface area contributed by atoms with Gasteiger partial charge in [0.25, 0.3) is 0 Å². The van der Waals surface area contributed by atoms with E-state index in [1.807, 2.05) is 6.33 Å². The Bertz CT molecular complexity index is 623. The molecular weight excluding hydrogens is 184 g/mol. The topological polar surface area (TPSA) is 17.8 Å². The number of aromatic nitrogens is 2. The highest BCUT2D eigenvalue weighted by Gasteiger charge is 2.02. The monoisotopic (exact) mass is 196 g/mol. The van der Waals surface area contributed by atoms with E-state index >= 15 is 0 Å². The van der Waals surface area contributed by atoms with Crippen LogP contribution in [0.4, 0.5) is 0 Å². The van der Waals surface area contributed by atoms with Crippen LogP contribution < -0.4 is 0 Å². The fraction of sp³-hybridized carbons (Fsp3) is 0.154. The summed E-state index contributed by atoms with van der Waals surface area (Å²) in [5.41, 5.74) is 2.30. The molecule has 0 aliphatic rings. The fourth-order valence-electron chi connectivity index (χ4n) is 2.00. The van der Waals surface area contributed by atoms with E-state index in [4.69, 9.17) is 0 Å². The zero-order chi connectivity index (χ0) is 10.3. The van der Waals surface area contributed by atoms with E-state index in [1.165, 1.54) is 16.3 Å². The first-order chi connectivity index (χ1) is 7.38. The number of rotatable bonds is 1. The Morgan fingerprint density at radius 2 is 1.87 bits per heavy atom. The van der Waals surface area contributed by atoms with Crippen molar-refractivity contribution in [3.63, 3.8) is 0 Å². The fourth-order valence-corrected chi connectivity index (χ4v) is 2.00. The molecule has 0 N–H and O–H groups in total. The van der Waals surface area contributed by atoms with Crippen LogP contribution in [-0.2, 0) is 6.54 Å². The van der Waals surface area contributed by atoms with Crippen molar-refractivity contribution >= 4 is 21.8 Å². The third-order valence-electron chi connectivity index (χ3n) is 2.83. The number of nitrogens with zero attached hydrogens (tertiary/aromatic N) is 2. The highest BCUT2D eigenvalue weighted by atomic mass is 15.0. The van der Waals surface area contributed by atoms with E-state index in [9.17, 15) is 0 Å². The summed E-state index contributed by atoms with van der Waals surface area (Å²) in [6.45, 7) is 3.10. The summed E-state index contributed by atoms with van der Waals surface area (Å²) in [6, 6.07) is 12.8. The minimum Gasteiger partial charge on any atom is -0.331 e. The van der Waals surface area contributed by atoms with Gasteiger partial charge in [0.15, 0.2) is 0 Å². The highest BCUT2D eigenvalue weighted by molar-refractivity contribution is 5.95. The Balaban J connectivity index is 2.45. The lowest BCUT2D eigenvalue weighted by molar-refractivity contribution is 0.787. The summed E-state index contributed by atoms with van der Waals surface area (Å²) in [5.74, 6) is 0. The number of imidazole rings is 1. The molecule has 2 aromatic carbocycles. The first-order valence-electron chi connectivity index (χ1n) is 5.22. The van der Waals surface area contributed by atoms with Gasteiger partial charge in [-0.2, -0.15) is 0 Å². The lowest BCUT2D eigenvalue weighted by Gasteiger charge is -2.01. The van der Waals surface area contributed by atoms with Gasteiger partial charge in [-0.25, -0.2) is 4.98 Å². The van der Waals surface area contributed by atoms with Gasteiger partial charge in [0.2, 0.25) is 0 Å². The second-order valence-corrected chi connectivity index (χ2v) is 3.72. The Morgan fingerprint density at radius 3 is 2.60 bits per heavy atom. The van der Waals surface area contributed by atoms with E-state index in [0.717, 1.165) is 12.1 Å². The van der Waals surface area contributed by atoms with Crippen molar-refractivity contribution in [1.29, 1.82) is 0 Å². The normalized spacial score (nSPS) is 11.3. The van der Waals surface area contributed by atoms with Crippen LogP contribution in [0.3, 0.4) is 0 Å². The van der Waals surface area contributed by atoms with Gasteiger partial charge in [-0.3, -0.25) is 0 Å². The molecule has 0 radical (unpaired) electrons. The van der Waals surface area contributed by atoms with Gasteiger partial charge in [0.05, 0.1) is 17.4 Å². The van der Waals surface area contributed by atoms with Crippen LogP contribution in [0, 0.1) is 0 Å². The van der Waals surface area contributed by atoms with E-state index in [2.05, 4.69) is 52.9 Å². The third kappa shape index (κ3) is 1.22. The molecule has 2 nitrogen and oxygen atoms in total. The van der Waals surface area contributed by atoms with Crippen LogP contribution in [0.15, 0.2) is 42.7 Å². The summed E-state index contributed by atoms with van der Waals surface area (Å²) in [6.07, 6.45) is 1.91. The third-order valence-corrected chi connectivity index (χ3v) is 2.83. The molecule has 0 bridgehead atoms. The predicted octanol–water partition coefficient (Wildman–Crippen LogP) is 3.21. The van der Waals surface area contributed by atoms with Gasteiger partial charge in [-0.05, 0) is 29.8 Å². The molecular formula is C13H12N2. The number of hydrogen-bond acceptors (Lipinski definition) is 1. The smallest absolute Gasteiger partial charge is 0.0958 e. The average Bonchev–Trinajstić information content (AvgIpc) is 2.68. The van der Waals surface area contributed by atoms with Crippen LogP contribution in [-0.4, -0.2) is 9.55 Å². The van der Waals surface area contributed by atoms with E-state index in [0.29, 0.717) is 0 Å². The highest BCUT2D eigenvalue weighted by Crippen LogP contribution is 2.21. The maximum Gasteiger partial charge on any atom is 0.0958 e. The molecule has 2 heteroatoms. The lowest BCUT2D eigenvalue weighted by Crippen LogP contribution is -1.90. The van der Waals surface area contributed by atoms with Crippen LogP contribution in [0.25, 0.3) is 21.8 Å². The Kier molecular flexibility index (Phi) is 1.75. The van der Waals surface area contributed by atoms with Crippen molar-refractivity contribution in [3.8, 4) is 0 Å². The minimum atomic E-state index is 0.967. The molecule has 1 heterocycles. The van der Waals surface area contributed by atoms with Crippen LogP contribution in [0.5, 0.6) is 0 Å². The van der Waals surface area contributed by atoms with Crippen molar-refractivity contribution in [3.05, 3.63) is 42.7 Å². The summed E-state index contributed by atoms with van der Waals surface area (Å²) in [4.78, 5) is 4.40. The van der Waals surface area contributed by atoms with Gasteiger partial charge in [0.1, 0.15) is 0 Å². The first kappa shape index (κ1) is 8.48. The largest absolute Gasteiger partial charge is 0.331 e. The Labute approximate surface area is 88.2 Å². The minimum absolute atomic E-state index is 0.967. The number of fused-ring (bicyclic) bond motifs is 2. The average molecular weight is 196 g/mol. The molecule has 0 aliphatic heterocycles. The molecule has 0 saturated carbocycles. The van der Waals surface area contributed by atoms with Gasteiger partial charge in [-0.1, -0.05) is 24.3 Å². The Hall–Kier alpha value is -1.83. The second-order valence-electron chi connectivity index (χ2n) is 3.72. The molecule has 0 spiro atoms. The number of hydrogen-bond donors (Lipinski definition) is 0. The molecule has 0 atom stereocenters. The summed E-state index contributed by atoms with van der Waals surface area (Å²) in [5, 5.41) is 2.53. The predicted molar refractivity (Wildman–Crippen MR) is 62.9 cm³/mol. The molecule has 74 valence electrons. The van der Waals surface area contributed by atoms with E-state index < -0.39 is 0 Å². The molecule has 15 heavy (non-hydrogen) atoms. The van der Waals surface area contributed by atoms with Gasteiger partial charge < -0.3 is 4.57 Å². The maximum atomic E-state index is 4.40. The molecule has 3 rings (SSSR count). The Morgan fingerprint density at radius 1 is 1.13 bits per heavy atom. The zero-order valence-corrected chi connectivity index (χ0v) is 8.64. The molecule has 0 saturated heterocycles. The van der Waals surface area contributed by atoms with Gasteiger partial charge in [0, 0.05) is 6.54 Å². The van der Waals surface area contributed by atoms with Gasteiger partial charge >= 0.3 is 0 Å². The molecule has 3 aromatic rings. The summed E-state index contributed by atoms with van der Waals surface area (Å²) in [7, 11) is 0. The molecule has 0 fully saturated rings. The van der Waals surface area contributed by atoms with E-state index in [-0.39, 0.29) is 0 Å². The van der Waals surface area contributed by atoms with Crippen molar-refractivity contribution in [2.45, 2.75) is 13.5 Å². The molecule has 0 amide bonds. The number of benzene rings is 2. The van der Waals surface area contributed by atoms with Crippen LogP contribution >= 0.6 is 0 Å². The maximum absolute atomic E-state index is 4.40. The van der Waals surface area contributed by atoms with Crippen LogP contribution in [0.2, 0.25) is 0 Å². The van der Waals surface area contributed by atoms with Crippen molar-refractivity contribution < 1.29 is 0 Å². The first-order valence-corrected chi connectivity index (χ1v) is 5.22. The lowest BCUT2D eigenvalue weighted by atomic mass is 10.1. The van der Waals surface area contributed by atoms with Crippen molar-refractivity contribution in [2.24, 2.45) is 0 Å². The van der Waals surface area contributed by atoms with Crippen molar-refractivity contribution in [2.75, 3.05) is 0 Å². The SMILES string of the molecule is CCn1cnc2cc3ccccc3cc21. The second kappa shape index (κ2) is 3.09. The van der Waals surface area contributed by atoms with E-state index in [1.54, 1.807) is 0 Å². The van der Waals surface area contributed by atoms with Crippen LogP contribution in [0.1, 0.15) is 6.92 Å². The number of aryl methyl sites for hydroxylation is 1. The molecule has 0 unspecified atom stereocenters. The quantitative estimate of drug-likeness (QED) is 0.584.